The van der Waals surface area contributed by atoms with Gasteiger partial charge in [0.1, 0.15) is 11.5 Å². The SMILES string of the molecule is NC(=O)c1cc(NC(=O)c2cc(Br)c[nH]2)ccc1F. The van der Waals surface area contributed by atoms with Crippen LogP contribution in [0.2, 0.25) is 0 Å². The lowest BCUT2D eigenvalue weighted by Crippen LogP contribution is -2.16. The molecule has 2 rings (SSSR count). The molecule has 0 saturated carbocycles. The molecule has 0 saturated heterocycles. The highest BCUT2D eigenvalue weighted by Gasteiger charge is 2.12. The monoisotopic (exact) mass is 325 g/mol. The number of hydrogen-bond donors (Lipinski definition) is 3. The molecule has 0 aliphatic heterocycles. The van der Waals surface area contributed by atoms with Crippen molar-refractivity contribution in [2.24, 2.45) is 5.73 Å². The summed E-state index contributed by atoms with van der Waals surface area (Å²) in [5.74, 6) is -2.03. The third kappa shape index (κ3) is 3.00. The molecule has 98 valence electrons. The average molecular weight is 326 g/mol. The molecule has 1 aromatic carbocycles. The Labute approximate surface area is 116 Å². The summed E-state index contributed by atoms with van der Waals surface area (Å²) in [7, 11) is 0. The second-order valence-corrected chi connectivity index (χ2v) is 4.66. The van der Waals surface area contributed by atoms with Crippen LogP contribution in [0.15, 0.2) is 34.9 Å². The third-order valence-corrected chi connectivity index (χ3v) is 2.84. The molecule has 0 atom stereocenters. The fourth-order valence-electron chi connectivity index (χ4n) is 1.49. The molecule has 5 nitrogen and oxygen atoms in total. The van der Waals surface area contributed by atoms with Crippen LogP contribution in [0, 0.1) is 5.82 Å². The zero-order valence-electron chi connectivity index (χ0n) is 9.54. The molecule has 4 N–H and O–H groups in total. The van der Waals surface area contributed by atoms with Crippen molar-refractivity contribution in [2.45, 2.75) is 0 Å². The highest BCUT2D eigenvalue weighted by atomic mass is 79.9. The molecule has 2 amide bonds. The van der Waals surface area contributed by atoms with Crippen LogP contribution in [0.3, 0.4) is 0 Å². The van der Waals surface area contributed by atoms with Gasteiger partial charge in [0, 0.05) is 16.4 Å². The smallest absolute Gasteiger partial charge is 0.272 e. The Bertz CT molecular complexity index is 654. The number of rotatable bonds is 3. The number of nitrogens with two attached hydrogens (primary N) is 1. The molecule has 0 aliphatic carbocycles. The summed E-state index contributed by atoms with van der Waals surface area (Å²) in [4.78, 5) is 25.6. The van der Waals surface area contributed by atoms with Gasteiger partial charge in [-0.3, -0.25) is 9.59 Å². The van der Waals surface area contributed by atoms with Crippen molar-refractivity contribution in [3.8, 4) is 0 Å². The van der Waals surface area contributed by atoms with Crippen LogP contribution >= 0.6 is 15.9 Å². The van der Waals surface area contributed by atoms with Gasteiger partial charge >= 0.3 is 0 Å². The molecule has 0 fully saturated rings. The normalized spacial score (nSPS) is 10.2. The maximum absolute atomic E-state index is 13.3. The van der Waals surface area contributed by atoms with E-state index in [0.29, 0.717) is 5.69 Å². The Balaban J connectivity index is 2.22. The minimum Gasteiger partial charge on any atom is -0.366 e. The largest absolute Gasteiger partial charge is 0.366 e. The summed E-state index contributed by atoms with van der Waals surface area (Å²) in [6.45, 7) is 0. The number of aromatic nitrogens is 1. The quantitative estimate of drug-likeness (QED) is 0.808. The van der Waals surface area contributed by atoms with E-state index in [2.05, 4.69) is 26.2 Å². The molecular formula is C12H9BrFN3O2. The second kappa shape index (κ2) is 5.23. The lowest BCUT2D eigenvalue weighted by molar-refractivity contribution is 0.0992. The molecular weight excluding hydrogens is 317 g/mol. The van der Waals surface area contributed by atoms with E-state index in [1.165, 1.54) is 12.1 Å². The van der Waals surface area contributed by atoms with Crippen molar-refractivity contribution in [1.82, 2.24) is 4.98 Å². The van der Waals surface area contributed by atoms with Gasteiger partial charge in [0.2, 0.25) is 0 Å². The topological polar surface area (TPSA) is 88.0 Å². The van der Waals surface area contributed by atoms with Gasteiger partial charge in [0.05, 0.1) is 5.56 Å². The van der Waals surface area contributed by atoms with Crippen molar-refractivity contribution in [3.05, 3.63) is 52.0 Å². The summed E-state index contributed by atoms with van der Waals surface area (Å²) < 4.78 is 14.0. The zero-order valence-corrected chi connectivity index (χ0v) is 11.1. The van der Waals surface area contributed by atoms with Crippen LogP contribution in [-0.2, 0) is 0 Å². The first kappa shape index (κ1) is 13.3. The number of carbonyl (C=O) groups excluding carboxylic acids is 2. The van der Waals surface area contributed by atoms with Crippen molar-refractivity contribution < 1.29 is 14.0 Å². The Morgan fingerprint density at radius 2 is 2.05 bits per heavy atom. The molecule has 1 aromatic heterocycles. The standard InChI is InChI=1S/C12H9BrFN3O2/c13-6-3-10(16-5-6)12(19)17-7-1-2-9(14)8(4-7)11(15)18/h1-5,16H,(H2,15,18)(H,17,19). The Kier molecular flexibility index (Phi) is 3.66. The van der Waals surface area contributed by atoms with Crippen molar-refractivity contribution in [2.75, 3.05) is 5.32 Å². The maximum atomic E-state index is 13.3. The molecule has 0 unspecified atom stereocenters. The third-order valence-electron chi connectivity index (χ3n) is 2.38. The number of nitrogens with one attached hydrogen (secondary N) is 2. The number of anilines is 1. The predicted octanol–water partition coefficient (Wildman–Crippen LogP) is 2.27. The molecule has 7 heteroatoms. The Morgan fingerprint density at radius 3 is 2.63 bits per heavy atom. The molecule has 0 radical (unpaired) electrons. The lowest BCUT2D eigenvalue weighted by Gasteiger charge is -2.05. The van der Waals surface area contributed by atoms with Crippen molar-refractivity contribution >= 4 is 33.4 Å². The molecule has 19 heavy (non-hydrogen) atoms. The fourth-order valence-corrected chi connectivity index (χ4v) is 1.83. The maximum Gasteiger partial charge on any atom is 0.272 e. The number of aromatic amines is 1. The number of hydrogen-bond acceptors (Lipinski definition) is 2. The number of benzene rings is 1. The van der Waals surface area contributed by atoms with Gasteiger partial charge in [-0.25, -0.2) is 4.39 Å². The fraction of sp³-hybridized carbons (Fsp3) is 0. The number of halogens is 2. The average Bonchev–Trinajstić information content (AvgIpc) is 2.78. The van der Waals surface area contributed by atoms with Gasteiger partial charge in [-0.1, -0.05) is 0 Å². The minimum atomic E-state index is -0.892. The number of primary amides is 1. The Hall–Kier alpha value is -2.15. The van der Waals surface area contributed by atoms with Crippen LogP contribution in [-0.4, -0.2) is 16.8 Å². The van der Waals surface area contributed by atoms with E-state index in [0.717, 1.165) is 10.5 Å². The first-order chi connectivity index (χ1) is 8.97. The van der Waals surface area contributed by atoms with Gasteiger partial charge in [-0.05, 0) is 40.2 Å². The lowest BCUT2D eigenvalue weighted by atomic mass is 10.1. The molecule has 0 aliphatic rings. The zero-order chi connectivity index (χ0) is 14.0. The van der Waals surface area contributed by atoms with Crippen LogP contribution in [0.1, 0.15) is 20.8 Å². The first-order valence-electron chi connectivity index (χ1n) is 5.22. The second-order valence-electron chi connectivity index (χ2n) is 3.74. The number of amides is 2. The van der Waals surface area contributed by atoms with Crippen LogP contribution in [0.5, 0.6) is 0 Å². The van der Waals surface area contributed by atoms with Crippen molar-refractivity contribution in [1.29, 1.82) is 0 Å². The van der Waals surface area contributed by atoms with Gasteiger partial charge in [0.15, 0.2) is 0 Å². The highest BCUT2D eigenvalue weighted by Crippen LogP contribution is 2.16. The van der Waals surface area contributed by atoms with E-state index in [1.807, 2.05) is 0 Å². The van der Waals surface area contributed by atoms with E-state index < -0.39 is 17.6 Å². The predicted molar refractivity (Wildman–Crippen MR) is 71.4 cm³/mol. The highest BCUT2D eigenvalue weighted by molar-refractivity contribution is 9.10. The minimum absolute atomic E-state index is 0.273. The molecule has 2 aromatic rings. The molecule has 0 spiro atoms. The van der Waals surface area contributed by atoms with Gasteiger partial charge in [-0.2, -0.15) is 0 Å². The summed E-state index contributed by atoms with van der Waals surface area (Å²) in [5, 5.41) is 2.53. The first-order valence-corrected chi connectivity index (χ1v) is 6.01. The van der Waals surface area contributed by atoms with E-state index in [9.17, 15) is 14.0 Å². The number of carbonyl (C=O) groups is 2. The summed E-state index contributed by atoms with van der Waals surface area (Å²) in [5.41, 5.74) is 5.37. The van der Waals surface area contributed by atoms with Crippen LogP contribution in [0.25, 0.3) is 0 Å². The van der Waals surface area contributed by atoms with E-state index in [1.54, 1.807) is 12.3 Å². The molecule has 0 bridgehead atoms. The van der Waals surface area contributed by atoms with Gasteiger partial charge < -0.3 is 16.0 Å². The van der Waals surface area contributed by atoms with E-state index >= 15 is 0 Å². The summed E-state index contributed by atoms with van der Waals surface area (Å²) in [6, 6.07) is 5.19. The van der Waals surface area contributed by atoms with Crippen molar-refractivity contribution in [3.63, 3.8) is 0 Å². The Morgan fingerprint density at radius 1 is 1.32 bits per heavy atom. The summed E-state index contributed by atoms with van der Waals surface area (Å²) >= 11 is 3.20. The van der Waals surface area contributed by atoms with E-state index in [4.69, 9.17) is 5.73 Å². The van der Waals surface area contributed by atoms with E-state index in [-0.39, 0.29) is 11.3 Å². The van der Waals surface area contributed by atoms with Gasteiger partial charge in [0.25, 0.3) is 11.8 Å². The van der Waals surface area contributed by atoms with Gasteiger partial charge in [-0.15, -0.1) is 0 Å². The molecule has 1 heterocycles. The summed E-state index contributed by atoms with van der Waals surface area (Å²) in [6.07, 6.45) is 1.61. The van der Waals surface area contributed by atoms with Crippen LogP contribution in [0.4, 0.5) is 10.1 Å². The number of H-pyrrole nitrogens is 1. The van der Waals surface area contributed by atoms with Crippen LogP contribution < -0.4 is 11.1 Å².